The SMILES string of the molecule is O=C(O)c1c[nH]c(=O)c(-c2ccc(F)cc2F)c1. The molecule has 0 spiro atoms. The van der Waals surface area contributed by atoms with Crippen molar-refractivity contribution >= 4 is 5.97 Å². The second-order valence-corrected chi connectivity index (χ2v) is 3.56. The van der Waals surface area contributed by atoms with E-state index in [1.807, 2.05) is 0 Å². The van der Waals surface area contributed by atoms with Crippen LogP contribution in [-0.4, -0.2) is 16.1 Å². The fourth-order valence-corrected chi connectivity index (χ4v) is 1.52. The van der Waals surface area contributed by atoms with Gasteiger partial charge in [-0.2, -0.15) is 0 Å². The number of pyridine rings is 1. The number of hydrogen-bond acceptors (Lipinski definition) is 2. The second kappa shape index (κ2) is 4.40. The average molecular weight is 251 g/mol. The molecule has 0 aliphatic carbocycles. The Bertz CT molecular complexity index is 679. The van der Waals surface area contributed by atoms with E-state index in [1.165, 1.54) is 0 Å². The van der Waals surface area contributed by atoms with Crippen LogP contribution in [0.5, 0.6) is 0 Å². The van der Waals surface area contributed by atoms with Crippen molar-refractivity contribution in [1.29, 1.82) is 0 Å². The zero-order valence-corrected chi connectivity index (χ0v) is 8.91. The van der Waals surface area contributed by atoms with Gasteiger partial charge in [-0.05, 0) is 18.2 Å². The molecule has 0 aliphatic heterocycles. The van der Waals surface area contributed by atoms with E-state index in [1.54, 1.807) is 0 Å². The van der Waals surface area contributed by atoms with Crippen molar-refractivity contribution in [2.75, 3.05) is 0 Å². The number of nitrogens with one attached hydrogen (secondary N) is 1. The fraction of sp³-hybridized carbons (Fsp3) is 0. The van der Waals surface area contributed by atoms with Gasteiger partial charge in [-0.25, -0.2) is 13.6 Å². The van der Waals surface area contributed by atoms with Gasteiger partial charge in [-0.3, -0.25) is 4.79 Å². The van der Waals surface area contributed by atoms with Crippen molar-refractivity contribution in [2.45, 2.75) is 0 Å². The van der Waals surface area contributed by atoms with Gasteiger partial charge in [0.15, 0.2) is 0 Å². The van der Waals surface area contributed by atoms with Crippen molar-refractivity contribution < 1.29 is 18.7 Å². The number of benzene rings is 1. The minimum absolute atomic E-state index is 0.152. The van der Waals surface area contributed by atoms with Gasteiger partial charge in [0.1, 0.15) is 11.6 Å². The van der Waals surface area contributed by atoms with Gasteiger partial charge in [0.25, 0.3) is 5.56 Å². The summed E-state index contributed by atoms with van der Waals surface area (Å²) in [4.78, 5) is 24.5. The largest absolute Gasteiger partial charge is 0.478 e. The lowest BCUT2D eigenvalue weighted by molar-refractivity contribution is 0.0696. The lowest BCUT2D eigenvalue weighted by Crippen LogP contribution is -2.12. The van der Waals surface area contributed by atoms with Crippen LogP contribution in [0.1, 0.15) is 10.4 Å². The molecule has 0 saturated carbocycles. The summed E-state index contributed by atoms with van der Waals surface area (Å²) in [5.41, 5.74) is -1.15. The summed E-state index contributed by atoms with van der Waals surface area (Å²) in [6, 6.07) is 3.74. The monoisotopic (exact) mass is 251 g/mol. The van der Waals surface area contributed by atoms with Crippen LogP contribution in [0.4, 0.5) is 8.78 Å². The number of aromatic carboxylic acids is 1. The normalized spacial score (nSPS) is 10.3. The summed E-state index contributed by atoms with van der Waals surface area (Å²) < 4.78 is 26.3. The van der Waals surface area contributed by atoms with E-state index >= 15 is 0 Å². The lowest BCUT2D eigenvalue weighted by Gasteiger charge is -2.03. The van der Waals surface area contributed by atoms with E-state index in [9.17, 15) is 18.4 Å². The fourth-order valence-electron chi connectivity index (χ4n) is 1.52. The molecule has 2 N–H and O–H groups in total. The molecule has 0 unspecified atom stereocenters. The highest BCUT2D eigenvalue weighted by Gasteiger charge is 2.13. The number of H-pyrrole nitrogens is 1. The highest BCUT2D eigenvalue weighted by atomic mass is 19.1. The van der Waals surface area contributed by atoms with Crippen LogP contribution in [0.2, 0.25) is 0 Å². The number of halogens is 2. The van der Waals surface area contributed by atoms with Crippen molar-refractivity contribution in [3.05, 3.63) is 58.0 Å². The van der Waals surface area contributed by atoms with Gasteiger partial charge in [-0.15, -0.1) is 0 Å². The molecule has 1 aromatic carbocycles. The van der Waals surface area contributed by atoms with E-state index in [4.69, 9.17) is 5.11 Å². The van der Waals surface area contributed by atoms with E-state index in [-0.39, 0.29) is 16.7 Å². The number of carbonyl (C=O) groups is 1. The maximum atomic E-state index is 13.5. The minimum Gasteiger partial charge on any atom is -0.478 e. The molecule has 92 valence electrons. The highest BCUT2D eigenvalue weighted by Crippen LogP contribution is 2.20. The first-order chi connectivity index (χ1) is 8.49. The van der Waals surface area contributed by atoms with Gasteiger partial charge in [0.2, 0.25) is 0 Å². The Labute approximate surface area is 99.5 Å². The van der Waals surface area contributed by atoms with Crippen molar-refractivity contribution in [1.82, 2.24) is 4.98 Å². The summed E-state index contributed by atoms with van der Waals surface area (Å²) in [6.07, 6.45) is 1.01. The summed E-state index contributed by atoms with van der Waals surface area (Å²) in [6.45, 7) is 0. The van der Waals surface area contributed by atoms with E-state index in [2.05, 4.69) is 4.98 Å². The van der Waals surface area contributed by atoms with Crippen molar-refractivity contribution in [3.8, 4) is 11.1 Å². The van der Waals surface area contributed by atoms with Crippen molar-refractivity contribution in [2.24, 2.45) is 0 Å². The number of carboxylic acid groups (broad SMARTS) is 1. The van der Waals surface area contributed by atoms with Gasteiger partial charge in [-0.1, -0.05) is 0 Å². The molecule has 0 saturated heterocycles. The standard InChI is InChI=1S/C12H7F2NO3/c13-7-1-2-8(10(14)4-7)9-3-6(12(17)18)5-15-11(9)16/h1-5H,(H,15,16)(H,17,18). The third-order valence-corrected chi connectivity index (χ3v) is 2.37. The topological polar surface area (TPSA) is 70.2 Å². The van der Waals surface area contributed by atoms with Gasteiger partial charge < -0.3 is 10.1 Å². The van der Waals surface area contributed by atoms with E-state index < -0.39 is 23.2 Å². The predicted octanol–water partition coefficient (Wildman–Crippen LogP) is 2.02. The molecule has 0 atom stereocenters. The molecule has 1 heterocycles. The average Bonchev–Trinajstić information content (AvgIpc) is 2.30. The van der Waals surface area contributed by atoms with Crippen LogP contribution in [0.15, 0.2) is 35.3 Å². The molecular weight excluding hydrogens is 244 g/mol. The Morgan fingerprint density at radius 2 is 1.89 bits per heavy atom. The molecule has 0 aliphatic rings. The number of aromatic amines is 1. The van der Waals surface area contributed by atoms with Crippen molar-refractivity contribution in [3.63, 3.8) is 0 Å². The van der Waals surface area contributed by atoms with Gasteiger partial charge in [0, 0.05) is 17.8 Å². The van der Waals surface area contributed by atoms with Crippen LogP contribution in [0.25, 0.3) is 11.1 Å². The summed E-state index contributed by atoms with van der Waals surface area (Å²) in [5, 5.41) is 8.78. The first-order valence-electron chi connectivity index (χ1n) is 4.90. The third kappa shape index (κ3) is 2.13. The number of rotatable bonds is 2. The smallest absolute Gasteiger partial charge is 0.337 e. The minimum atomic E-state index is -1.25. The highest BCUT2D eigenvalue weighted by molar-refractivity contribution is 5.88. The van der Waals surface area contributed by atoms with E-state index in [0.717, 1.165) is 24.4 Å². The van der Waals surface area contributed by atoms with Crippen LogP contribution >= 0.6 is 0 Å². The molecule has 1 aromatic heterocycles. The second-order valence-electron chi connectivity index (χ2n) is 3.56. The zero-order chi connectivity index (χ0) is 13.3. The van der Waals surface area contributed by atoms with Crippen LogP contribution < -0.4 is 5.56 Å². The molecule has 2 rings (SSSR count). The maximum Gasteiger partial charge on any atom is 0.337 e. The third-order valence-electron chi connectivity index (χ3n) is 2.37. The van der Waals surface area contributed by atoms with E-state index in [0.29, 0.717) is 6.07 Å². The quantitative estimate of drug-likeness (QED) is 0.857. The lowest BCUT2D eigenvalue weighted by atomic mass is 10.1. The summed E-state index contributed by atoms with van der Waals surface area (Å²) in [7, 11) is 0. The molecule has 0 radical (unpaired) electrons. The van der Waals surface area contributed by atoms with Crippen LogP contribution in [-0.2, 0) is 0 Å². The summed E-state index contributed by atoms with van der Waals surface area (Å²) >= 11 is 0. The first kappa shape index (κ1) is 12.0. The molecule has 6 heteroatoms. The molecule has 0 fully saturated rings. The molecule has 4 nitrogen and oxygen atoms in total. The number of aromatic nitrogens is 1. The Morgan fingerprint density at radius 1 is 1.17 bits per heavy atom. The molecule has 0 amide bonds. The molecule has 18 heavy (non-hydrogen) atoms. The number of carboxylic acids is 1. The Kier molecular flexibility index (Phi) is 2.93. The maximum absolute atomic E-state index is 13.5. The van der Waals surface area contributed by atoms with Crippen LogP contribution in [0.3, 0.4) is 0 Å². The van der Waals surface area contributed by atoms with Gasteiger partial charge >= 0.3 is 5.97 Å². The molecule has 0 bridgehead atoms. The van der Waals surface area contributed by atoms with Crippen LogP contribution in [0, 0.1) is 11.6 Å². The number of hydrogen-bond donors (Lipinski definition) is 2. The van der Waals surface area contributed by atoms with Gasteiger partial charge in [0.05, 0.1) is 11.1 Å². The first-order valence-corrected chi connectivity index (χ1v) is 4.90. The Balaban J connectivity index is 2.66. The summed E-state index contributed by atoms with van der Waals surface area (Å²) in [5.74, 6) is -2.96. The molecular formula is C12H7F2NO3. The molecule has 2 aromatic rings. The Morgan fingerprint density at radius 3 is 2.50 bits per heavy atom. The Hall–Kier alpha value is -2.50. The predicted molar refractivity (Wildman–Crippen MR) is 59.4 cm³/mol. The zero-order valence-electron chi connectivity index (χ0n) is 8.91.